The van der Waals surface area contributed by atoms with Crippen LogP contribution in [-0.4, -0.2) is 79.1 Å². The van der Waals surface area contributed by atoms with E-state index in [1.807, 2.05) is 20.8 Å². The fourth-order valence-electron chi connectivity index (χ4n) is 2.85. The van der Waals surface area contributed by atoms with Gasteiger partial charge in [0, 0.05) is 17.8 Å². The molecular weight excluding hydrogens is 360 g/mol. The number of hydrogen-bond donors (Lipinski definition) is 4. The molecule has 1 saturated heterocycles. The molecule has 1 aromatic rings. The highest BCUT2D eigenvalue weighted by Gasteiger charge is 2.56. The first-order chi connectivity index (χ1) is 12.5. The summed E-state index contributed by atoms with van der Waals surface area (Å²) in [6, 6.07) is 1.69. The zero-order valence-electron chi connectivity index (χ0n) is 16.1. The van der Waals surface area contributed by atoms with Gasteiger partial charge in [0.1, 0.15) is 18.3 Å². The van der Waals surface area contributed by atoms with Crippen LogP contribution in [0.25, 0.3) is 0 Å². The number of nitrogens with zero attached hydrogens (tertiary/aromatic N) is 2. The minimum atomic E-state index is -2.45. The molecule has 0 aromatic carbocycles. The Bertz CT molecular complexity index is 661. The van der Waals surface area contributed by atoms with Gasteiger partial charge in [-0.3, -0.25) is 4.68 Å². The summed E-state index contributed by atoms with van der Waals surface area (Å²) in [5, 5.41) is 45.3. The average molecular weight is 388 g/mol. The third-order valence-electron chi connectivity index (χ3n) is 4.25. The number of aliphatic hydroxyl groups excluding tert-OH is 3. The fourth-order valence-corrected chi connectivity index (χ4v) is 2.85. The Morgan fingerprint density at radius 1 is 1.37 bits per heavy atom. The van der Waals surface area contributed by atoms with E-state index in [1.165, 1.54) is 0 Å². The van der Waals surface area contributed by atoms with Crippen LogP contribution >= 0.6 is 0 Å². The molecule has 10 nitrogen and oxygen atoms in total. The van der Waals surface area contributed by atoms with Crippen molar-refractivity contribution in [2.45, 2.75) is 77.0 Å². The SMILES string of the molecule is Cc1cc(OC(O)[C@H]2OC[C@@](O)(C(=O)OC(C)C)[C@@H](O)[C@@H]2O)nn1C(C)C. The van der Waals surface area contributed by atoms with Crippen LogP contribution in [0.2, 0.25) is 0 Å². The molecule has 0 amide bonds. The quantitative estimate of drug-likeness (QED) is 0.366. The normalized spacial score (nSPS) is 29.8. The van der Waals surface area contributed by atoms with Crippen LogP contribution in [0.1, 0.15) is 39.4 Å². The summed E-state index contributed by atoms with van der Waals surface area (Å²) in [5.41, 5.74) is -1.64. The number of esters is 1. The van der Waals surface area contributed by atoms with Crippen molar-refractivity contribution in [3.05, 3.63) is 11.8 Å². The molecule has 1 fully saturated rings. The van der Waals surface area contributed by atoms with Crippen molar-refractivity contribution in [3.8, 4) is 5.88 Å². The van der Waals surface area contributed by atoms with Gasteiger partial charge in [0.05, 0.1) is 12.7 Å². The molecule has 4 N–H and O–H groups in total. The molecule has 0 spiro atoms. The highest BCUT2D eigenvalue weighted by atomic mass is 16.6. The number of carbonyl (C=O) groups excluding carboxylic acids is 1. The maximum absolute atomic E-state index is 12.0. The Kier molecular flexibility index (Phi) is 6.48. The van der Waals surface area contributed by atoms with E-state index in [-0.39, 0.29) is 11.9 Å². The van der Waals surface area contributed by atoms with Gasteiger partial charge < -0.3 is 34.6 Å². The maximum Gasteiger partial charge on any atom is 0.343 e. The number of rotatable bonds is 6. The van der Waals surface area contributed by atoms with E-state index in [4.69, 9.17) is 14.2 Å². The molecule has 1 aliphatic rings. The van der Waals surface area contributed by atoms with Gasteiger partial charge in [-0.15, -0.1) is 5.10 Å². The first kappa shape index (κ1) is 21.6. The Morgan fingerprint density at radius 3 is 2.52 bits per heavy atom. The van der Waals surface area contributed by atoms with Crippen molar-refractivity contribution in [3.63, 3.8) is 0 Å². The first-order valence-electron chi connectivity index (χ1n) is 8.79. The number of ether oxygens (including phenoxy) is 3. The molecule has 10 heteroatoms. The molecular formula is C17H28N2O8. The Labute approximate surface area is 157 Å². The van der Waals surface area contributed by atoms with Gasteiger partial charge in [0.2, 0.25) is 17.8 Å². The van der Waals surface area contributed by atoms with Crippen molar-refractivity contribution < 1.29 is 39.4 Å². The van der Waals surface area contributed by atoms with Gasteiger partial charge in [-0.1, -0.05) is 0 Å². The minimum absolute atomic E-state index is 0.0832. The topological polar surface area (TPSA) is 144 Å². The Balaban J connectivity index is 2.08. The highest BCUT2D eigenvalue weighted by Crippen LogP contribution is 2.29. The predicted molar refractivity (Wildman–Crippen MR) is 91.9 cm³/mol. The first-order valence-corrected chi connectivity index (χ1v) is 8.79. The molecule has 0 bridgehead atoms. The summed E-state index contributed by atoms with van der Waals surface area (Å²) in [4.78, 5) is 12.0. The van der Waals surface area contributed by atoms with Gasteiger partial charge in [0.25, 0.3) is 0 Å². The lowest BCUT2D eigenvalue weighted by Gasteiger charge is -2.42. The molecule has 154 valence electrons. The van der Waals surface area contributed by atoms with Crippen LogP contribution in [0, 0.1) is 6.92 Å². The van der Waals surface area contributed by atoms with Crippen LogP contribution < -0.4 is 4.74 Å². The van der Waals surface area contributed by atoms with Crippen LogP contribution in [0.5, 0.6) is 5.88 Å². The monoisotopic (exact) mass is 388 g/mol. The summed E-state index contributed by atoms with van der Waals surface area (Å²) < 4.78 is 17.1. The predicted octanol–water partition coefficient (Wildman–Crippen LogP) is -0.727. The summed E-state index contributed by atoms with van der Waals surface area (Å²) in [7, 11) is 0. The summed E-state index contributed by atoms with van der Waals surface area (Å²) in [6.07, 6.45) is -7.36. The number of aryl methyl sites for hydroxylation is 1. The minimum Gasteiger partial charge on any atom is -0.461 e. The third-order valence-corrected chi connectivity index (χ3v) is 4.25. The molecule has 1 unspecified atom stereocenters. The number of aromatic nitrogens is 2. The van der Waals surface area contributed by atoms with Crippen molar-refractivity contribution in [1.29, 1.82) is 0 Å². The van der Waals surface area contributed by atoms with E-state index in [0.717, 1.165) is 5.69 Å². The van der Waals surface area contributed by atoms with Gasteiger partial charge in [-0.25, -0.2) is 4.79 Å². The summed E-state index contributed by atoms with van der Waals surface area (Å²) >= 11 is 0. The molecule has 0 aliphatic carbocycles. The Hall–Kier alpha value is -1.72. The number of carbonyl (C=O) groups is 1. The van der Waals surface area contributed by atoms with Crippen molar-refractivity contribution >= 4 is 5.97 Å². The maximum atomic E-state index is 12.0. The standard InChI is InChI=1S/C17H28N2O8/c1-8(2)19-10(5)6-11(18-19)27-15(22)13-12(20)14(21)17(24,7-25-13)16(23)26-9(3)4/h6,8-9,12-15,20-22,24H,7H2,1-5H3/t12-,13+,14+,15?,17+/m1/s1. The highest BCUT2D eigenvalue weighted by molar-refractivity contribution is 5.80. The third kappa shape index (κ3) is 4.41. The van der Waals surface area contributed by atoms with Crippen LogP contribution in [0.3, 0.4) is 0 Å². The summed E-state index contributed by atoms with van der Waals surface area (Å²) in [6.45, 7) is 8.16. The molecule has 5 atom stereocenters. The van der Waals surface area contributed by atoms with E-state index in [1.54, 1.807) is 24.6 Å². The second kappa shape index (κ2) is 8.11. The van der Waals surface area contributed by atoms with Crippen LogP contribution in [0.15, 0.2) is 6.07 Å². The zero-order chi connectivity index (χ0) is 20.5. The van der Waals surface area contributed by atoms with Gasteiger partial charge in [0.15, 0.2) is 0 Å². The van der Waals surface area contributed by atoms with E-state index < -0.39 is 48.9 Å². The molecule has 1 aliphatic heterocycles. The van der Waals surface area contributed by atoms with Crippen molar-refractivity contribution in [1.82, 2.24) is 9.78 Å². The van der Waals surface area contributed by atoms with Gasteiger partial charge in [-0.2, -0.15) is 0 Å². The lowest BCUT2D eigenvalue weighted by atomic mass is 9.87. The van der Waals surface area contributed by atoms with Gasteiger partial charge >= 0.3 is 5.97 Å². The van der Waals surface area contributed by atoms with Crippen molar-refractivity contribution in [2.75, 3.05) is 6.61 Å². The van der Waals surface area contributed by atoms with E-state index in [9.17, 15) is 25.2 Å². The zero-order valence-corrected chi connectivity index (χ0v) is 16.1. The smallest absolute Gasteiger partial charge is 0.343 e. The average Bonchev–Trinajstić information content (AvgIpc) is 2.92. The van der Waals surface area contributed by atoms with E-state index >= 15 is 0 Å². The molecule has 2 heterocycles. The largest absolute Gasteiger partial charge is 0.461 e. The molecule has 1 aromatic heterocycles. The fraction of sp³-hybridized carbons (Fsp3) is 0.765. The molecule has 0 saturated carbocycles. The lowest BCUT2D eigenvalue weighted by molar-refractivity contribution is -0.273. The van der Waals surface area contributed by atoms with E-state index in [2.05, 4.69) is 5.10 Å². The summed E-state index contributed by atoms with van der Waals surface area (Å²) in [5.74, 6) is -1.01. The second-order valence-electron chi connectivity index (χ2n) is 7.26. The molecule has 27 heavy (non-hydrogen) atoms. The number of aliphatic hydroxyl groups is 4. The number of hydrogen-bond acceptors (Lipinski definition) is 9. The molecule has 2 rings (SSSR count). The van der Waals surface area contributed by atoms with E-state index in [0.29, 0.717) is 0 Å². The molecule has 0 radical (unpaired) electrons. The van der Waals surface area contributed by atoms with Crippen molar-refractivity contribution in [2.24, 2.45) is 0 Å². The Morgan fingerprint density at radius 2 is 2.00 bits per heavy atom. The second-order valence-corrected chi connectivity index (χ2v) is 7.26. The van der Waals surface area contributed by atoms with Gasteiger partial charge in [-0.05, 0) is 34.6 Å². The van der Waals surface area contributed by atoms with Crippen LogP contribution in [-0.2, 0) is 14.3 Å². The van der Waals surface area contributed by atoms with Crippen LogP contribution in [0.4, 0.5) is 0 Å². The lowest BCUT2D eigenvalue weighted by Crippen LogP contribution is -2.67.